The normalized spacial score (nSPS) is 15.9. The summed E-state index contributed by atoms with van der Waals surface area (Å²) in [5.41, 5.74) is 0.589. The summed E-state index contributed by atoms with van der Waals surface area (Å²) in [5.74, 6) is 0.362. The van der Waals surface area contributed by atoms with Crippen molar-refractivity contribution in [2.45, 2.75) is 26.4 Å². The number of imidazole rings is 1. The first-order valence-corrected chi connectivity index (χ1v) is 9.53. The molecule has 0 bridgehead atoms. The van der Waals surface area contributed by atoms with Crippen molar-refractivity contribution in [2.24, 2.45) is 0 Å². The third-order valence-corrected chi connectivity index (χ3v) is 5.59. The van der Waals surface area contributed by atoms with Gasteiger partial charge in [-0.05, 0) is 6.42 Å². The first kappa shape index (κ1) is 18.0. The van der Waals surface area contributed by atoms with Crippen LogP contribution in [0.1, 0.15) is 25.0 Å². The summed E-state index contributed by atoms with van der Waals surface area (Å²) in [5, 5.41) is 5.15. The number of aryl methyl sites for hydroxylation is 1. The molecule has 4 rings (SSSR count). The highest BCUT2D eigenvalue weighted by Crippen LogP contribution is 2.23. The lowest BCUT2D eigenvalue weighted by Gasteiger charge is -2.34. The van der Waals surface area contributed by atoms with Gasteiger partial charge >= 0.3 is 6.55 Å². The van der Waals surface area contributed by atoms with Gasteiger partial charge in [0.1, 0.15) is 5.82 Å². The first-order valence-electron chi connectivity index (χ1n) is 8.72. The zero-order chi connectivity index (χ0) is 19.0. The molecule has 1 fully saturated rings. The van der Waals surface area contributed by atoms with Gasteiger partial charge in [0, 0.05) is 50.3 Å². The molecule has 0 N–H and O–H groups in total. The van der Waals surface area contributed by atoms with E-state index < -0.39 is 6.55 Å². The summed E-state index contributed by atoms with van der Waals surface area (Å²) < 4.78 is 28.1. The molecule has 1 saturated heterocycles. The van der Waals surface area contributed by atoms with E-state index in [-0.39, 0.29) is 5.56 Å². The first-order chi connectivity index (χ1) is 13.0. The number of anilines is 1. The van der Waals surface area contributed by atoms with Crippen LogP contribution < -0.4 is 10.5 Å². The zero-order valence-electron chi connectivity index (χ0n) is 14.8. The SMILES string of the molecule is CCc1cc(=O)n2nc(N3CCN(Cc4nccn4C(F)F)CC3)sc2n1. The number of fused-ring (bicyclic) bond motifs is 1. The fourth-order valence-electron chi connectivity index (χ4n) is 3.10. The van der Waals surface area contributed by atoms with Crippen molar-refractivity contribution in [1.29, 1.82) is 0 Å². The number of nitrogens with zero attached hydrogens (tertiary/aromatic N) is 7. The van der Waals surface area contributed by atoms with Gasteiger partial charge in [-0.2, -0.15) is 13.3 Å². The van der Waals surface area contributed by atoms with Crippen molar-refractivity contribution in [3.05, 3.63) is 40.3 Å². The minimum Gasteiger partial charge on any atom is -0.344 e. The van der Waals surface area contributed by atoms with Gasteiger partial charge in [0.2, 0.25) is 10.1 Å². The molecule has 0 spiro atoms. The Morgan fingerprint density at radius 1 is 1.26 bits per heavy atom. The Morgan fingerprint density at radius 2 is 2.04 bits per heavy atom. The Labute approximate surface area is 157 Å². The quantitative estimate of drug-likeness (QED) is 0.654. The van der Waals surface area contributed by atoms with E-state index in [1.165, 1.54) is 34.3 Å². The predicted molar refractivity (Wildman–Crippen MR) is 97.5 cm³/mol. The lowest BCUT2D eigenvalue weighted by Crippen LogP contribution is -2.46. The second-order valence-electron chi connectivity index (χ2n) is 6.31. The molecule has 0 radical (unpaired) electrons. The molecule has 3 aromatic heterocycles. The molecular weight excluding hydrogens is 376 g/mol. The van der Waals surface area contributed by atoms with E-state index in [1.54, 1.807) is 0 Å². The van der Waals surface area contributed by atoms with Gasteiger partial charge in [0.25, 0.3) is 5.56 Å². The van der Waals surface area contributed by atoms with Crippen LogP contribution in [0, 0.1) is 0 Å². The number of rotatable bonds is 5. The van der Waals surface area contributed by atoms with Crippen LogP contribution in [0.5, 0.6) is 0 Å². The van der Waals surface area contributed by atoms with Crippen molar-refractivity contribution in [1.82, 2.24) is 29.0 Å². The van der Waals surface area contributed by atoms with Gasteiger partial charge in [-0.1, -0.05) is 18.3 Å². The third kappa shape index (κ3) is 3.56. The predicted octanol–water partition coefficient (Wildman–Crippen LogP) is 1.63. The lowest BCUT2D eigenvalue weighted by atomic mass is 10.3. The average molecular weight is 395 g/mol. The molecule has 0 saturated carbocycles. The molecule has 0 unspecified atom stereocenters. The van der Waals surface area contributed by atoms with Crippen LogP contribution >= 0.6 is 11.3 Å². The van der Waals surface area contributed by atoms with Gasteiger partial charge in [0.05, 0.1) is 6.54 Å². The summed E-state index contributed by atoms with van der Waals surface area (Å²) >= 11 is 1.39. The summed E-state index contributed by atoms with van der Waals surface area (Å²) in [7, 11) is 0. The van der Waals surface area contributed by atoms with Crippen LogP contribution in [0.2, 0.25) is 0 Å². The van der Waals surface area contributed by atoms with E-state index in [0.29, 0.717) is 49.9 Å². The molecule has 0 aliphatic carbocycles. The minimum absolute atomic E-state index is 0.170. The Hall–Kier alpha value is -2.40. The van der Waals surface area contributed by atoms with Crippen molar-refractivity contribution in [3.8, 4) is 0 Å². The Bertz CT molecular complexity index is 990. The zero-order valence-corrected chi connectivity index (χ0v) is 15.6. The van der Waals surface area contributed by atoms with Gasteiger partial charge < -0.3 is 4.90 Å². The van der Waals surface area contributed by atoms with E-state index in [1.807, 2.05) is 6.92 Å². The maximum atomic E-state index is 12.9. The highest BCUT2D eigenvalue weighted by atomic mass is 32.1. The third-order valence-electron chi connectivity index (χ3n) is 4.62. The largest absolute Gasteiger partial charge is 0.344 e. The summed E-state index contributed by atoms with van der Waals surface area (Å²) in [6, 6.07) is 1.51. The van der Waals surface area contributed by atoms with Gasteiger partial charge in [-0.25, -0.2) is 9.97 Å². The number of halogens is 2. The summed E-state index contributed by atoms with van der Waals surface area (Å²) in [6.07, 6.45) is 3.40. The van der Waals surface area contributed by atoms with Gasteiger partial charge in [0.15, 0.2) is 0 Å². The molecule has 0 atom stereocenters. The number of piperazine rings is 1. The van der Waals surface area contributed by atoms with Crippen LogP contribution in [0.3, 0.4) is 0 Å². The van der Waals surface area contributed by atoms with E-state index in [4.69, 9.17) is 0 Å². The van der Waals surface area contributed by atoms with Crippen LogP contribution in [-0.4, -0.2) is 55.2 Å². The highest BCUT2D eigenvalue weighted by Gasteiger charge is 2.22. The molecule has 27 heavy (non-hydrogen) atoms. The topological polar surface area (TPSA) is 71.6 Å². The fraction of sp³-hybridized carbons (Fsp3) is 0.500. The van der Waals surface area contributed by atoms with Crippen molar-refractivity contribution >= 4 is 21.4 Å². The second kappa shape index (κ2) is 7.31. The van der Waals surface area contributed by atoms with E-state index in [0.717, 1.165) is 15.4 Å². The van der Waals surface area contributed by atoms with Crippen LogP contribution in [-0.2, 0) is 13.0 Å². The molecular formula is C16H19F2N7OS. The molecule has 3 aromatic rings. The van der Waals surface area contributed by atoms with Crippen molar-refractivity contribution < 1.29 is 8.78 Å². The second-order valence-corrected chi connectivity index (χ2v) is 7.24. The highest BCUT2D eigenvalue weighted by molar-refractivity contribution is 7.20. The molecule has 0 aromatic carbocycles. The summed E-state index contributed by atoms with van der Waals surface area (Å²) in [4.78, 5) is 25.4. The van der Waals surface area contributed by atoms with Crippen molar-refractivity contribution in [2.75, 3.05) is 31.1 Å². The molecule has 11 heteroatoms. The fourth-order valence-corrected chi connectivity index (χ4v) is 4.07. The van der Waals surface area contributed by atoms with Gasteiger partial charge in [-0.3, -0.25) is 14.3 Å². The molecule has 1 aliphatic rings. The average Bonchev–Trinajstić information content (AvgIpc) is 3.29. The van der Waals surface area contributed by atoms with Crippen LogP contribution in [0.4, 0.5) is 13.9 Å². The smallest absolute Gasteiger partial charge is 0.319 e. The maximum absolute atomic E-state index is 12.9. The minimum atomic E-state index is -2.58. The van der Waals surface area contributed by atoms with E-state index in [2.05, 4.69) is 24.9 Å². The standard InChI is InChI=1S/C16H19F2N7OS/c1-2-11-9-13(26)25-15(20-11)27-16(21-25)23-7-5-22(6-8-23)10-12-19-3-4-24(12)14(17)18/h3-4,9,14H,2,5-8,10H2,1H3. The molecule has 4 heterocycles. The van der Waals surface area contributed by atoms with Crippen molar-refractivity contribution in [3.63, 3.8) is 0 Å². The monoisotopic (exact) mass is 395 g/mol. The molecule has 0 amide bonds. The van der Waals surface area contributed by atoms with Crippen LogP contribution in [0.25, 0.3) is 4.96 Å². The lowest BCUT2D eigenvalue weighted by molar-refractivity contribution is 0.0637. The van der Waals surface area contributed by atoms with E-state index >= 15 is 0 Å². The number of aromatic nitrogens is 5. The Kier molecular flexibility index (Phi) is 4.87. The Morgan fingerprint density at radius 3 is 2.74 bits per heavy atom. The number of hydrogen-bond donors (Lipinski definition) is 0. The van der Waals surface area contributed by atoms with Crippen LogP contribution in [0.15, 0.2) is 23.3 Å². The van der Waals surface area contributed by atoms with E-state index in [9.17, 15) is 13.6 Å². The number of alkyl halides is 2. The number of hydrogen-bond acceptors (Lipinski definition) is 7. The summed E-state index contributed by atoms with van der Waals surface area (Å²) in [6.45, 7) is 2.56. The molecule has 1 aliphatic heterocycles. The Balaban J connectivity index is 1.45. The maximum Gasteiger partial charge on any atom is 0.319 e. The van der Waals surface area contributed by atoms with Gasteiger partial charge in [-0.15, -0.1) is 5.10 Å². The molecule has 144 valence electrons. The molecule has 8 nitrogen and oxygen atoms in total.